The van der Waals surface area contributed by atoms with Crippen LogP contribution in [0, 0.1) is 17.7 Å². The number of halogens is 6. The number of benzene rings is 1. The number of hydrogen-bond donors (Lipinski definition) is 2. The van der Waals surface area contributed by atoms with E-state index in [1.165, 1.54) is 19.1 Å². The number of likely N-dealkylation sites (tertiary alicyclic amines) is 1. The van der Waals surface area contributed by atoms with Gasteiger partial charge >= 0.3 is 6.18 Å². The predicted molar refractivity (Wildman–Crippen MR) is 123 cm³/mol. The van der Waals surface area contributed by atoms with Crippen molar-refractivity contribution < 1.29 is 31.1 Å². The second-order valence-corrected chi connectivity index (χ2v) is 10.3. The molecule has 2 N–H and O–H groups in total. The molecule has 12 heteroatoms. The maximum absolute atomic E-state index is 14.6. The Balaban J connectivity index is 1.47. The SMILES string of the molecule is C[C@@H](NC(=O)c1cn(C2(C(F)(F)F)CC2)c(=O)cc1N[C@H]1[C@@H]2CN(C)C[C@@H]21)c1cccc(C(F)F)c1F. The van der Waals surface area contributed by atoms with Gasteiger partial charge in [0.15, 0.2) is 0 Å². The first-order valence-corrected chi connectivity index (χ1v) is 12.0. The van der Waals surface area contributed by atoms with Gasteiger partial charge in [0.25, 0.3) is 17.9 Å². The van der Waals surface area contributed by atoms with Crippen LogP contribution in [0.2, 0.25) is 0 Å². The average Bonchev–Trinajstić information content (AvgIpc) is 3.69. The molecule has 1 amide bonds. The summed E-state index contributed by atoms with van der Waals surface area (Å²) in [5.74, 6) is -1.44. The number of anilines is 1. The minimum atomic E-state index is -4.69. The summed E-state index contributed by atoms with van der Waals surface area (Å²) >= 11 is 0. The van der Waals surface area contributed by atoms with Gasteiger partial charge in [-0.05, 0) is 38.6 Å². The molecular weight excluding hydrogens is 502 g/mol. The molecule has 2 heterocycles. The molecule has 3 aliphatic rings. The van der Waals surface area contributed by atoms with Crippen LogP contribution >= 0.6 is 0 Å². The first-order valence-electron chi connectivity index (χ1n) is 12.0. The fraction of sp³-hybridized carbons (Fsp3) is 0.520. The zero-order valence-corrected chi connectivity index (χ0v) is 20.1. The Morgan fingerprint density at radius 3 is 2.32 bits per heavy atom. The second kappa shape index (κ2) is 8.78. The number of rotatable bonds is 7. The molecule has 2 saturated carbocycles. The quantitative estimate of drug-likeness (QED) is 0.522. The fourth-order valence-electron chi connectivity index (χ4n) is 5.50. The van der Waals surface area contributed by atoms with Gasteiger partial charge in [0.2, 0.25) is 0 Å². The lowest BCUT2D eigenvalue weighted by molar-refractivity contribution is -0.180. The third-order valence-corrected chi connectivity index (χ3v) is 7.82. The minimum absolute atomic E-state index is 0.0342. The Morgan fingerprint density at radius 1 is 1.14 bits per heavy atom. The number of fused-ring (bicyclic) bond motifs is 1. The maximum Gasteiger partial charge on any atom is 0.412 e. The van der Waals surface area contributed by atoms with E-state index in [0.717, 1.165) is 31.4 Å². The van der Waals surface area contributed by atoms with Crippen molar-refractivity contribution in [3.63, 3.8) is 0 Å². The van der Waals surface area contributed by atoms with Crippen molar-refractivity contribution in [3.05, 3.63) is 63.3 Å². The van der Waals surface area contributed by atoms with E-state index in [1.54, 1.807) is 0 Å². The highest BCUT2D eigenvalue weighted by atomic mass is 19.4. The molecule has 2 aromatic rings. The molecular formula is C25H26F6N4O2. The number of aromatic nitrogens is 1. The maximum atomic E-state index is 14.6. The zero-order valence-electron chi connectivity index (χ0n) is 20.1. The Bertz CT molecular complexity index is 1280. The molecule has 0 spiro atoms. The van der Waals surface area contributed by atoms with Gasteiger partial charge < -0.3 is 15.5 Å². The molecule has 4 atom stereocenters. The zero-order chi connectivity index (χ0) is 26.9. The summed E-state index contributed by atoms with van der Waals surface area (Å²) in [6.45, 7) is 3.01. The summed E-state index contributed by atoms with van der Waals surface area (Å²) < 4.78 is 82.9. The van der Waals surface area contributed by atoms with Crippen molar-refractivity contribution in [2.75, 3.05) is 25.5 Å². The van der Waals surface area contributed by atoms with Gasteiger partial charge in [0, 0.05) is 37.0 Å². The van der Waals surface area contributed by atoms with Crippen LogP contribution in [-0.4, -0.2) is 47.7 Å². The lowest BCUT2D eigenvalue weighted by Gasteiger charge is -2.25. The van der Waals surface area contributed by atoms with Gasteiger partial charge in [0.05, 0.1) is 22.9 Å². The van der Waals surface area contributed by atoms with E-state index in [1.807, 2.05) is 7.05 Å². The van der Waals surface area contributed by atoms with E-state index in [0.29, 0.717) is 16.4 Å². The summed E-state index contributed by atoms with van der Waals surface area (Å²) in [6.07, 6.45) is -7.42. The van der Waals surface area contributed by atoms with Crippen LogP contribution in [-0.2, 0) is 5.54 Å². The molecule has 6 nitrogen and oxygen atoms in total. The van der Waals surface area contributed by atoms with Crippen LogP contribution in [0.15, 0.2) is 35.3 Å². The van der Waals surface area contributed by atoms with Gasteiger partial charge in [-0.25, -0.2) is 13.2 Å². The number of pyridine rings is 1. The minimum Gasteiger partial charge on any atom is -0.381 e. The number of carbonyl (C=O) groups is 1. The van der Waals surface area contributed by atoms with E-state index in [4.69, 9.17) is 0 Å². The number of nitrogens with zero attached hydrogens (tertiary/aromatic N) is 2. The third kappa shape index (κ3) is 4.38. The first-order chi connectivity index (χ1) is 17.3. The summed E-state index contributed by atoms with van der Waals surface area (Å²) in [5, 5.41) is 5.66. The number of piperidine rings is 1. The Morgan fingerprint density at radius 2 is 1.76 bits per heavy atom. The highest BCUT2D eigenvalue weighted by molar-refractivity contribution is 5.99. The van der Waals surface area contributed by atoms with Crippen LogP contribution in [0.25, 0.3) is 0 Å². The standard InChI is InChI=1S/C25H26F6N4O2/c1-12(13-4-3-5-14(20(13)26)22(27)28)32-23(37)17-11-35(24(6-7-24)25(29,30)31)19(36)8-18(17)33-21-15-9-34(2)10-16(15)21/h3-5,8,11-12,15-16,21-22,33H,6-7,9-10H2,1-2H3,(H,32,37)/t12-,15-,16+,21+/m1/s1. The van der Waals surface area contributed by atoms with E-state index in [-0.39, 0.29) is 35.7 Å². The summed E-state index contributed by atoms with van der Waals surface area (Å²) in [7, 11) is 1.97. The Kier molecular flexibility index (Phi) is 6.08. The summed E-state index contributed by atoms with van der Waals surface area (Å²) in [6, 6.07) is 3.31. The van der Waals surface area contributed by atoms with Crippen LogP contribution in [0.5, 0.6) is 0 Å². The van der Waals surface area contributed by atoms with E-state index in [9.17, 15) is 35.9 Å². The normalized spacial score (nSPS) is 25.1. The number of nitrogens with one attached hydrogen (secondary N) is 2. The van der Waals surface area contributed by atoms with E-state index < -0.39 is 47.0 Å². The molecule has 5 rings (SSSR count). The second-order valence-electron chi connectivity index (χ2n) is 10.3. The highest BCUT2D eigenvalue weighted by Crippen LogP contribution is 2.55. The number of carbonyl (C=O) groups excluding carboxylic acids is 1. The Labute approximate surface area is 208 Å². The molecule has 200 valence electrons. The van der Waals surface area contributed by atoms with Gasteiger partial charge in [-0.15, -0.1) is 0 Å². The number of alkyl halides is 5. The molecule has 0 unspecified atom stereocenters. The monoisotopic (exact) mass is 528 g/mol. The number of hydrogen-bond acceptors (Lipinski definition) is 4. The van der Waals surface area contributed by atoms with Crippen molar-refractivity contribution >= 4 is 11.6 Å². The van der Waals surface area contributed by atoms with Gasteiger partial charge in [-0.1, -0.05) is 18.2 Å². The molecule has 3 fully saturated rings. The van der Waals surface area contributed by atoms with Crippen LogP contribution in [0.4, 0.5) is 32.0 Å². The molecule has 37 heavy (non-hydrogen) atoms. The lowest BCUT2D eigenvalue weighted by atomic mass is 10.0. The van der Waals surface area contributed by atoms with E-state index >= 15 is 0 Å². The van der Waals surface area contributed by atoms with Gasteiger partial charge in [0.1, 0.15) is 11.4 Å². The largest absolute Gasteiger partial charge is 0.412 e. The van der Waals surface area contributed by atoms with Crippen molar-refractivity contribution in [1.82, 2.24) is 14.8 Å². The van der Waals surface area contributed by atoms with Crippen molar-refractivity contribution in [1.29, 1.82) is 0 Å². The molecule has 1 aromatic heterocycles. The smallest absolute Gasteiger partial charge is 0.381 e. The number of amides is 1. The summed E-state index contributed by atoms with van der Waals surface area (Å²) in [4.78, 5) is 28.3. The van der Waals surface area contributed by atoms with Crippen LogP contribution in [0.3, 0.4) is 0 Å². The Hall–Kier alpha value is -3.02. The predicted octanol–water partition coefficient (Wildman–Crippen LogP) is 4.44. The molecule has 1 aromatic carbocycles. The van der Waals surface area contributed by atoms with Gasteiger partial charge in [-0.2, -0.15) is 13.2 Å². The van der Waals surface area contributed by atoms with Crippen molar-refractivity contribution in [3.8, 4) is 0 Å². The van der Waals surface area contributed by atoms with Crippen molar-refractivity contribution in [2.45, 2.75) is 50.0 Å². The fourth-order valence-corrected chi connectivity index (χ4v) is 5.50. The molecule has 0 bridgehead atoms. The lowest BCUT2D eigenvalue weighted by Crippen LogP contribution is -2.42. The third-order valence-electron chi connectivity index (χ3n) is 7.82. The van der Waals surface area contributed by atoms with Crippen molar-refractivity contribution in [2.24, 2.45) is 11.8 Å². The van der Waals surface area contributed by atoms with Crippen LogP contribution in [0.1, 0.15) is 53.7 Å². The highest BCUT2D eigenvalue weighted by Gasteiger charge is 2.65. The topological polar surface area (TPSA) is 66.4 Å². The molecule has 1 aliphatic heterocycles. The molecule has 2 aliphatic carbocycles. The average molecular weight is 528 g/mol. The van der Waals surface area contributed by atoms with Gasteiger partial charge in [-0.3, -0.25) is 14.2 Å². The summed E-state index contributed by atoms with van der Waals surface area (Å²) in [5.41, 5.74) is -4.39. The van der Waals surface area contributed by atoms with E-state index in [2.05, 4.69) is 15.5 Å². The van der Waals surface area contributed by atoms with Crippen LogP contribution < -0.4 is 16.2 Å². The molecule has 1 saturated heterocycles. The molecule has 0 radical (unpaired) electrons. The first kappa shape index (κ1) is 25.6.